The number of benzene rings is 1. The molecule has 1 aromatic carbocycles. The Kier molecular flexibility index (Phi) is 6.19. The van der Waals surface area contributed by atoms with Crippen LogP contribution in [-0.4, -0.2) is 22.4 Å². The molecule has 0 radical (unpaired) electrons. The summed E-state index contributed by atoms with van der Waals surface area (Å²) in [7, 11) is 0. The standard InChI is InChI=1S/C16H16ClF3N4O/c1-2-3-6-21-15-22-8-10(9-23-15)14(25)24-13-5-4-11(17)7-12(13)16(18,19)20/h4-5,7-9H,2-3,6H2,1H3,(H,24,25)(H,21,22,23). The number of nitrogens with zero attached hydrogens (tertiary/aromatic N) is 2. The number of nitrogens with one attached hydrogen (secondary N) is 2. The van der Waals surface area contributed by atoms with E-state index in [1.807, 2.05) is 6.92 Å². The first-order valence-electron chi connectivity index (χ1n) is 7.55. The van der Waals surface area contributed by atoms with E-state index >= 15 is 0 Å². The predicted octanol–water partition coefficient (Wildman–Crippen LogP) is 4.61. The molecule has 0 saturated heterocycles. The van der Waals surface area contributed by atoms with Gasteiger partial charge in [0.15, 0.2) is 0 Å². The van der Waals surface area contributed by atoms with Crippen molar-refractivity contribution in [2.75, 3.05) is 17.2 Å². The first-order valence-corrected chi connectivity index (χ1v) is 7.93. The lowest BCUT2D eigenvalue weighted by molar-refractivity contribution is -0.136. The topological polar surface area (TPSA) is 66.9 Å². The predicted molar refractivity (Wildman–Crippen MR) is 89.8 cm³/mol. The fourth-order valence-electron chi connectivity index (χ4n) is 1.97. The van der Waals surface area contributed by atoms with Crippen LogP contribution >= 0.6 is 11.6 Å². The summed E-state index contributed by atoms with van der Waals surface area (Å²) in [5.74, 6) is -0.389. The van der Waals surface area contributed by atoms with E-state index in [9.17, 15) is 18.0 Å². The van der Waals surface area contributed by atoms with Gasteiger partial charge in [-0.05, 0) is 24.6 Å². The number of carbonyl (C=O) groups excluding carboxylic acids is 1. The summed E-state index contributed by atoms with van der Waals surface area (Å²) in [5, 5.41) is 5.12. The van der Waals surface area contributed by atoms with E-state index in [1.54, 1.807) is 0 Å². The van der Waals surface area contributed by atoms with Crippen molar-refractivity contribution in [3.05, 3.63) is 46.7 Å². The smallest absolute Gasteiger partial charge is 0.354 e. The van der Waals surface area contributed by atoms with E-state index < -0.39 is 17.6 Å². The molecule has 0 saturated carbocycles. The molecule has 2 rings (SSSR count). The summed E-state index contributed by atoms with van der Waals surface area (Å²) in [6.45, 7) is 2.74. The molecule has 0 bridgehead atoms. The van der Waals surface area contributed by atoms with Crippen LogP contribution in [0.3, 0.4) is 0 Å². The summed E-state index contributed by atoms with van der Waals surface area (Å²) >= 11 is 5.61. The van der Waals surface area contributed by atoms with Crippen LogP contribution in [0.1, 0.15) is 35.7 Å². The lowest BCUT2D eigenvalue weighted by atomic mass is 10.1. The normalized spacial score (nSPS) is 11.2. The Morgan fingerprint density at radius 2 is 1.92 bits per heavy atom. The zero-order chi connectivity index (χ0) is 18.4. The summed E-state index contributed by atoms with van der Waals surface area (Å²) in [6, 6.07) is 3.13. The van der Waals surface area contributed by atoms with Crippen molar-refractivity contribution < 1.29 is 18.0 Å². The van der Waals surface area contributed by atoms with E-state index in [-0.39, 0.29) is 16.3 Å². The first kappa shape index (κ1) is 19.0. The Balaban J connectivity index is 2.12. The number of hydrogen-bond acceptors (Lipinski definition) is 4. The van der Waals surface area contributed by atoms with E-state index in [2.05, 4.69) is 20.6 Å². The average molecular weight is 373 g/mol. The van der Waals surface area contributed by atoms with Crippen LogP contribution in [0.5, 0.6) is 0 Å². The Bertz CT molecular complexity index is 735. The minimum absolute atomic E-state index is 0.0455. The second-order valence-electron chi connectivity index (χ2n) is 5.22. The van der Waals surface area contributed by atoms with Gasteiger partial charge in [0.2, 0.25) is 5.95 Å². The lowest BCUT2D eigenvalue weighted by Gasteiger charge is -2.14. The molecule has 0 aliphatic carbocycles. The molecular formula is C16H16ClF3N4O. The zero-order valence-electron chi connectivity index (χ0n) is 13.3. The molecule has 5 nitrogen and oxygen atoms in total. The van der Waals surface area contributed by atoms with E-state index in [4.69, 9.17) is 11.6 Å². The Morgan fingerprint density at radius 3 is 2.52 bits per heavy atom. The van der Waals surface area contributed by atoms with E-state index in [0.29, 0.717) is 12.5 Å². The van der Waals surface area contributed by atoms with Gasteiger partial charge in [0.1, 0.15) is 0 Å². The molecule has 1 amide bonds. The fraction of sp³-hybridized carbons (Fsp3) is 0.312. The van der Waals surface area contributed by atoms with E-state index in [1.165, 1.54) is 18.5 Å². The van der Waals surface area contributed by atoms with Crippen molar-refractivity contribution in [3.63, 3.8) is 0 Å². The highest BCUT2D eigenvalue weighted by molar-refractivity contribution is 6.30. The van der Waals surface area contributed by atoms with Crippen LogP contribution in [0.4, 0.5) is 24.8 Å². The summed E-state index contributed by atoms with van der Waals surface area (Å²) in [6.07, 6.45) is -0.185. The molecule has 9 heteroatoms. The van der Waals surface area contributed by atoms with Crippen molar-refractivity contribution in [3.8, 4) is 0 Å². The van der Waals surface area contributed by atoms with Gasteiger partial charge in [0.25, 0.3) is 5.91 Å². The maximum Gasteiger partial charge on any atom is 0.418 e. The molecule has 0 atom stereocenters. The molecule has 2 aromatic rings. The van der Waals surface area contributed by atoms with Gasteiger partial charge in [-0.2, -0.15) is 13.2 Å². The maximum absolute atomic E-state index is 13.0. The highest BCUT2D eigenvalue weighted by atomic mass is 35.5. The maximum atomic E-state index is 13.0. The van der Waals surface area contributed by atoms with Crippen LogP contribution < -0.4 is 10.6 Å². The van der Waals surface area contributed by atoms with Crippen LogP contribution in [0.25, 0.3) is 0 Å². The van der Waals surface area contributed by atoms with Gasteiger partial charge >= 0.3 is 6.18 Å². The highest BCUT2D eigenvalue weighted by Crippen LogP contribution is 2.36. The van der Waals surface area contributed by atoms with Gasteiger partial charge in [-0.25, -0.2) is 9.97 Å². The largest absolute Gasteiger partial charge is 0.418 e. The highest BCUT2D eigenvalue weighted by Gasteiger charge is 2.34. The number of hydrogen-bond donors (Lipinski definition) is 2. The third-order valence-corrected chi connectivity index (χ3v) is 3.50. The summed E-state index contributed by atoms with van der Waals surface area (Å²) < 4.78 is 39.1. The van der Waals surface area contributed by atoms with Gasteiger partial charge in [0.05, 0.1) is 16.8 Å². The Hall–Kier alpha value is -2.35. The quantitative estimate of drug-likeness (QED) is 0.726. The Labute approximate surface area is 147 Å². The van der Waals surface area contributed by atoms with Crippen LogP contribution in [0.15, 0.2) is 30.6 Å². The molecule has 25 heavy (non-hydrogen) atoms. The minimum Gasteiger partial charge on any atom is -0.354 e. The van der Waals surface area contributed by atoms with Crippen molar-refractivity contribution in [2.45, 2.75) is 25.9 Å². The number of unbranched alkanes of at least 4 members (excludes halogenated alkanes) is 1. The van der Waals surface area contributed by atoms with Crippen molar-refractivity contribution in [2.24, 2.45) is 0 Å². The van der Waals surface area contributed by atoms with Gasteiger partial charge in [0, 0.05) is 24.0 Å². The number of anilines is 2. The van der Waals surface area contributed by atoms with Crippen LogP contribution in [-0.2, 0) is 6.18 Å². The second kappa shape index (κ2) is 8.15. The molecule has 1 aromatic heterocycles. The first-order chi connectivity index (χ1) is 11.8. The second-order valence-corrected chi connectivity index (χ2v) is 5.65. The molecule has 134 valence electrons. The summed E-state index contributed by atoms with van der Waals surface area (Å²) in [4.78, 5) is 20.1. The molecule has 2 N–H and O–H groups in total. The van der Waals surface area contributed by atoms with Gasteiger partial charge in [-0.15, -0.1) is 0 Å². The average Bonchev–Trinajstić information content (AvgIpc) is 2.56. The SMILES string of the molecule is CCCCNc1ncc(C(=O)Nc2ccc(Cl)cc2C(F)(F)F)cn1. The van der Waals surface area contributed by atoms with Crippen molar-refractivity contribution >= 4 is 29.1 Å². The molecule has 0 spiro atoms. The molecule has 0 aliphatic rings. The number of rotatable bonds is 6. The van der Waals surface area contributed by atoms with Crippen LogP contribution in [0, 0.1) is 0 Å². The summed E-state index contributed by atoms with van der Waals surface area (Å²) in [5.41, 5.74) is -1.36. The Morgan fingerprint density at radius 1 is 1.24 bits per heavy atom. The van der Waals surface area contributed by atoms with Crippen LogP contribution in [0.2, 0.25) is 5.02 Å². The number of halogens is 4. The lowest BCUT2D eigenvalue weighted by Crippen LogP contribution is -2.17. The third kappa shape index (κ3) is 5.32. The fourth-order valence-corrected chi connectivity index (χ4v) is 2.14. The molecular weight excluding hydrogens is 357 g/mol. The van der Waals surface area contributed by atoms with Crippen molar-refractivity contribution in [1.82, 2.24) is 9.97 Å². The number of aromatic nitrogens is 2. The molecule has 0 aliphatic heterocycles. The van der Waals surface area contributed by atoms with E-state index in [0.717, 1.165) is 25.0 Å². The molecule has 0 unspecified atom stereocenters. The molecule has 1 heterocycles. The third-order valence-electron chi connectivity index (χ3n) is 3.26. The number of carbonyl (C=O) groups is 1. The van der Waals surface area contributed by atoms with Gasteiger partial charge in [-0.3, -0.25) is 4.79 Å². The monoisotopic (exact) mass is 372 g/mol. The van der Waals surface area contributed by atoms with Gasteiger partial charge in [-0.1, -0.05) is 24.9 Å². The zero-order valence-corrected chi connectivity index (χ0v) is 14.1. The molecule has 0 fully saturated rings. The van der Waals surface area contributed by atoms with Gasteiger partial charge < -0.3 is 10.6 Å². The van der Waals surface area contributed by atoms with Crippen molar-refractivity contribution in [1.29, 1.82) is 0 Å². The number of alkyl halides is 3. The minimum atomic E-state index is -4.64. The number of amides is 1.